The molecule has 2 unspecified atom stereocenters. The van der Waals surface area contributed by atoms with E-state index in [2.05, 4.69) is 26.3 Å². The highest BCUT2D eigenvalue weighted by molar-refractivity contribution is 9.10. The van der Waals surface area contributed by atoms with Crippen LogP contribution < -0.4 is 5.32 Å². The maximum Gasteiger partial charge on any atom is 0.0632 e. The lowest BCUT2D eigenvalue weighted by Crippen LogP contribution is -2.39. The van der Waals surface area contributed by atoms with E-state index in [-0.39, 0.29) is 12.5 Å². The van der Waals surface area contributed by atoms with E-state index in [9.17, 15) is 5.11 Å². The summed E-state index contributed by atoms with van der Waals surface area (Å²) in [6, 6.07) is 0.326. The quantitative estimate of drug-likeness (QED) is 0.826. The van der Waals surface area contributed by atoms with Gasteiger partial charge in [-0.15, -0.1) is 0 Å². The first-order valence-electron chi connectivity index (χ1n) is 4.82. The van der Waals surface area contributed by atoms with E-state index in [0.29, 0.717) is 6.04 Å². The Hall–Kier alpha value is -0.390. The molecule has 2 atom stereocenters. The molecule has 1 aromatic rings. The first kappa shape index (κ1) is 10.1. The predicted molar refractivity (Wildman–Crippen MR) is 57.0 cm³/mol. The Morgan fingerprint density at radius 3 is 3.21 bits per heavy atom. The van der Waals surface area contributed by atoms with Crippen molar-refractivity contribution in [3.63, 3.8) is 0 Å². The molecule has 0 aliphatic carbocycles. The highest BCUT2D eigenvalue weighted by Crippen LogP contribution is 2.24. The summed E-state index contributed by atoms with van der Waals surface area (Å²) in [6.45, 7) is 2.09. The molecule has 0 amide bonds. The molecule has 2 heterocycles. The molecule has 1 fully saturated rings. The maximum atomic E-state index is 9.24. The molecule has 14 heavy (non-hydrogen) atoms. The summed E-state index contributed by atoms with van der Waals surface area (Å²) < 4.78 is 2.94. The average molecular weight is 260 g/mol. The van der Waals surface area contributed by atoms with Gasteiger partial charge in [0.1, 0.15) is 0 Å². The number of nitrogens with zero attached hydrogens (tertiary/aromatic N) is 2. The Morgan fingerprint density at radius 2 is 2.57 bits per heavy atom. The highest BCUT2D eigenvalue weighted by Gasteiger charge is 2.26. The summed E-state index contributed by atoms with van der Waals surface area (Å²) in [5, 5.41) is 16.8. The average Bonchev–Trinajstić information content (AvgIpc) is 2.65. The second-order valence-corrected chi connectivity index (χ2v) is 4.56. The van der Waals surface area contributed by atoms with Crippen molar-refractivity contribution in [1.29, 1.82) is 0 Å². The number of piperidine rings is 1. The van der Waals surface area contributed by atoms with E-state index in [1.165, 1.54) is 0 Å². The van der Waals surface area contributed by atoms with Crippen LogP contribution in [0.2, 0.25) is 0 Å². The van der Waals surface area contributed by atoms with Crippen molar-refractivity contribution >= 4 is 15.9 Å². The van der Waals surface area contributed by atoms with Crippen molar-refractivity contribution in [3.05, 3.63) is 16.9 Å². The predicted octanol–water partition coefficient (Wildman–Crippen LogP) is 0.788. The zero-order chi connectivity index (χ0) is 9.97. The zero-order valence-corrected chi connectivity index (χ0v) is 9.44. The first-order valence-corrected chi connectivity index (χ1v) is 5.62. The van der Waals surface area contributed by atoms with E-state index in [1.54, 1.807) is 6.20 Å². The highest BCUT2D eigenvalue weighted by atomic mass is 79.9. The molecular weight excluding hydrogens is 246 g/mol. The SMILES string of the molecule is OCC1CNCCC1n1cc(Br)cn1. The van der Waals surface area contributed by atoms with Gasteiger partial charge in [0.2, 0.25) is 0 Å². The number of aliphatic hydroxyl groups is 1. The fourth-order valence-electron chi connectivity index (χ4n) is 1.94. The van der Waals surface area contributed by atoms with Crippen molar-refractivity contribution < 1.29 is 5.11 Å². The molecule has 4 nitrogen and oxygen atoms in total. The maximum absolute atomic E-state index is 9.24. The minimum Gasteiger partial charge on any atom is -0.396 e. The number of aliphatic hydroxyl groups excluding tert-OH is 1. The van der Waals surface area contributed by atoms with Crippen molar-refractivity contribution in [2.45, 2.75) is 12.5 Å². The number of rotatable bonds is 2. The van der Waals surface area contributed by atoms with Gasteiger partial charge in [0.15, 0.2) is 0 Å². The van der Waals surface area contributed by atoms with E-state index in [4.69, 9.17) is 0 Å². The van der Waals surface area contributed by atoms with E-state index in [1.807, 2.05) is 10.9 Å². The largest absolute Gasteiger partial charge is 0.396 e. The normalized spacial score (nSPS) is 27.9. The standard InChI is InChI=1S/C9H14BrN3O/c10-8-4-12-13(5-8)9-1-2-11-3-7(9)6-14/h4-5,7,9,11,14H,1-3,6H2. The molecule has 78 valence electrons. The van der Waals surface area contributed by atoms with Gasteiger partial charge in [-0.3, -0.25) is 4.68 Å². The van der Waals surface area contributed by atoms with Crippen molar-refractivity contribution in [3.8, 4) is 0 Å². The molecular formula is C9H14BrN3O. The molecule has 1 aliphatic rings. The van der Waals surface area contributed by atoms with E-state index < -0.39 is 0 Å². The van der Waals surface area contributed by atoms with Gasteiger partial charge in [0.25, 0.3) is 0 Å². The van der Waals surface area contributed by atoms with Crippen LogP contribution in [0.4, 0.5) is 0 Å². The second kappa shape index (κ2) is 4.42. The van der Waals surface area contributed by atoms with Gasteiger partial charge < -0.3 is 10.4 Å². The second-order valence-electron chi connectivity index (χ2n) is 3.64. The summed E-state index contributed by atoms with van der Waals surface area (Å²) >= 11 is 3.38. The minimum atomic E-state index is 0.217. The summed E-state index contributed by atoms with van der Waals surface area (Å²) in [5.74, 6) is 0.274. The van der Waals surface area contributed by atoms with Gasteiger partial charge in [0.05, 0.1) is 16.7 Å². The fraction of sp³-hybridized carbons (Fsp3) is 0.667. The number of nitrogens with one attached hydrogen (secondary N) is 1. The van der Waals surface area contributed by atoms with Gasteiger partial charge in [0, 0.05) is 25.3 Å². The number of hydrogen-bond acceptors (Lipinski definition) is 3. The van der Waals surface area contributed by atoms with E-state index >= 15 is 0 Å². The van der Waals surface area contributed by atoms with Crippen molar-refractivity contribution in [2.75, 3.05) is 19.7 Å². The van der Waals surface area contributed by atoms with Crippen LogP contribution in [0.25, 0.3) is 0 Å². The molecule has 2 N–H and O–H groups in total. The smallest absolute Gasteiger partial charge is 0.0632 e. The fourth-order valence-corrected chi connectivity index (χ4v) is 2.24. The molecule has 5 heteroatoms. The van der Waals surface area contributed by atoms with Gasteiger partial charge in [-0.1, -0.05) is 0 Å². The van der Waals surface area contributed by atoms with Gasteiger partial charge in [-0.2, -0.15) is 5.10 Å². The van der Waals surface area contributed by atoms with Gasteiger partial charge in [-0.25, -0.2) is 0 Å². The lowest BCUT2D eigenvalue weighted by Gasteiger charge is -2.30. The lowest BCUT2D eigenvalue weighted by molar-refractivity contribution is 0.142. The molecule has 1 aromatic heterocycles. The van der Waals surface area contributed by atoms with Gasteiger partial charge >= 0.3 is 0 Å². The minimum absolute atomic E-state index is 0.217. The summed E-state index contributed by atoms with van der Waals surface area (Å²) in [7, 11) is 0. The topological polar surface area (TPSA) is 50.1 Å². The molecule has 0 bridgehead atoms. The van der Waals surface area contributed by atoms with Crippen LogP contribution in [0, 0.1) is 5.92 Å². The van der Waals surface area contributed by atoms with Crippen LogP contribution in [-0.4, -0.2) is 34.6 Å². The molecule has 0 spiro atoms. The lowest BCUT2D eigenvalue weighted by atomic mass is 9.94. The Kier molecular flexibility index (Phi) is 3.20. The zero-order valence-electron chi connectivity index (χ0n) is 7.86. The molecule has 0 saturated carbocycles. The molecule has 0 radical (unpaired) electrons. The first-order chi connectivity index (χ1) is 6.81. The summed E-state index contributed by atoms with van der Waals surface area (Å²) in [6.07, 6.45) is 4.79. The Bertz CT molecular complexity index is 302. The third-order valence-corrected chi connectivity index (χ3v) is 3.12. The number of hydrogen-bond donors (Lipinski definition) is 2. The number of aromatic nitrogens is 2. The van der Waals surface area contributed by atoms with Crippen LogP contribution in [0.15, 0.2) is 16.9 Å². The Morgan fingerprint density at radius 1 is 1.71 bits per heavy atom. The van der Waals surface area contributed by atoms with Crippen molar-refractivity contribution in [2.24, 2.45) is 5.92 Å². The summed E-state index contributed by atoms with van der Waals surface area (Å²) in [4.78, 5) is 0. The molecule has 2 rings (SSSR count). The van der Waals surface area contributed by atoms with Crippen LogP contribution in [-0.2, 0) is 0 Å². The monoisotopic (exact) mass is 259 g/mol. The molecule has 1 aliphatic heterocycles. The Balaban J connectivity index is 2.14. The third kappa shape index (κ3) is 1.99. The van der Waals surface area contributed by atoms with Crippen LogP contribution >= 0.6 is 15.9 Å². The van der Waals surface area contributed by atoms with Crippen LogP contribution in [0.5, 0.6) is 0 Å². The van der Waals surface area contributed by atoms with Crippen LogP contribution in [0.3, 0.4) is 0 Å². The number of halogens is 1. The third-order valence-electron chi connectivity index (χ3n) is 2.71. The Labute approximate surface area is 91.4 Å². The van der Waals surface area contributed by atoms with Gasteiger partial charge in [-0.05, 0) is 28.9 Å². The summed E-state index contributed by atoms with van der Waals surface area (Å²) in [5.41, 5.74) is 0. The van der Waals surface area contributed by atoms with Crippen LogP contribution in [0.1, 0.15) is 12.5 Å². The van der Waals surface area contributed by atoms with E-state index in [0.717, 1.165) is 24.0 Å². The molecule has 1 saturated heterocycles. The van der Waals surface area contributed by atoms with Crippen molar-refractivity contribution in [1.82, 2.24) is 15.1 Å². The molecule has 0 aromatic carbocycles.